The Labute approximate surface area is 158 Å². The summed E-state index contributed by atoms with van der Waals surface area (Å²) in [6, 6.07) is 8.61. The summed E-state index contributed by atoms with van der Waals surface area (Å²) < 4.78 is 40.4. The first-order valence-electron chi connectivity index (χ1n) is 7.05. The third kappa shape index (κ3) is 3.83. The smallest absolute Gasteiger partial charge is 0.416 e. The van der Waals surface area contributed by atoms with Crippen molar-refractivity contribution in [2.24, 2.45) is 4.99 Å². The number of halogens is 5. The van der Waals surface area contributed by atoms with Gasteiger partial charge >= 0.3 is 6.18 Å². The Morgan fingerprint density at radius 2 is 1.80 bits per heavy atom. The monoisotopic (exact) mass is 478 g/mol. The fourth-order valence-electron chi connectivity index (χ4n) is 2.49. The van der Waals surface area contributed by atoms with Gasteiger partial charge in [-0.1, -0.05) is 18.2 Å². The van der Waals surface area contributed by atoms with Crippen LogP contribution >= 0.6 is 31.9 Å². The molecule has 0 bridgehead atoms. The lowest BCUT2D eigenvalue weighted by molar-refractivity contribution is -0.140. The van der Waals surface area contributed by atoms with E-state index in [0.717, 1.165) is 6.07 Å². The number of aromatic hydroxyl groups is 1. The molecule has 132 valence electrons. The van der Waals surface area contributed by atoms with E-state index in [2.05, 4.69) is 36.9 Å². The Morgan fingerprint density at radius 3 is 2.44 bits per heavy atom. The molecular formula is C16H11Br2F3N2O2. The van der Waals surface area contributed by atoms with Crippen LogP contribution < -0.4 is 0 Å². The van der Waals surface area contributed by atoms with Gasteiger partial charge in [0.05, 0.1) is 21.1 Å². The first-order chi connectivity index (χ1) is 11.8. The molecule has 1 unspecified atom stereocenters. The molecule has 0 amide bonds. The average molecular weight is 480 g/mol. The van der Waals surface area contributed by atoms with E-state index >= 15 is 0 Å². The molecule has 2 aromatic carbocycles. The van der Waals surface area contributed by atoms with E-state index in [-0.39, 0.29) is 17.9 Å². The van der Waals surface area contributed by atoms with Crippen molar-refractivity contribution in [3.05, 3.63) is 62.0 Å². The molecule has 1 aliphatic heterocycles. The quantitative estimate of drug-likeness (QED) is 0.640. The van der Waals surface area contributed by atoms with Crippen molar-refractivity contribution in [3.63, 3.8) is 0 Å². The van der Waals surface area contributed by atoms with Crippen LogP contribution in [0, 0.1) is 0 Å². The lowest BCUT2D eigenvalue weighted by Crippen LogP contribution is -2.24. The number of phenols is 1. The standard InChI is InChI=1S/C16H11Br2F3N2O2/c17-12-5-10(6-13(18)14(12)24)15-22-8-25-23(15)7-9-3-1-2-4-11(9)16(19,20)21/h1-6,8,15,24H,7H2. The zero-order valence-corrected chi connectivity index (χ0v) is 15.6. The van der Waals surface area contributed by atoms with E-state index in [1.54, 1.807) is 18.2 Å². The number of alkyl halides is 3. The van der Waals surface area contributed by atoms with Crippen molar-refractivity contribution in [2.75, 3.05) is 0 Å². The van der Waals surface area contributed by atoms with Crippen molar-refractivity contribution in [1.29, 1.82) is 0 Å². The number of hydrogen-bond donors (Lipinski definition) is 1. The van der Waals surface area contributed by atoms with Crippen LogP contribution in [0.4, 0.5) is 13.2 Å². The number of hydroxylamine groups is 2. The predicted molar refractivity (Wildman–Crippen MR) is 92.8 cm³/mol. The van der Waals surface area contributed by atoms with E-state index in [4.69, 9.17) is 4.84 Å². The van der Waals surface area contributed by atoms with Gasteiger partial charge in [-0.2, -0.15) is 13.2 Å². The first kappa shape index (κ1) is 18.2. The topological polar surface area (TPSA) is 45.1 Å². The Morgan fingerprint density at radius 1 is 1.16 bits per heavy atom. The second-order valence-corrected chi connectivity index (χ2v) is 7.01. The molecular weight excluding hydrogens is 469 g/mol. The van der Waals surface area contributed by atoms with Crippen LogP contribution in [0.1, 0.15) is 22.9 Å². The van der Waals surface area contributed by atoms with Crippen LogP contribution in [-0.4, -0.2) is 16.6 Å². The highest BCUT2D eigenvalue weighted by molar-refractivity contribution is 9.11. The van der Waals surface area contributed by atoms with E-state index in [1.807, 2.05) is 0 Å². The van der Waals surface area contributed by atoms with Gasteiger partial charge in [0.15, 0.2) is 12.6 Å². The molecule has 0 aliphatic carbocycles. The largest absolute Gasteiger partial charge is 0.506 e. The molecule has 1 atom stereocenters. The number of phenolic OH excluding ortho intramolecular Hbond substituents is 1. The van der Waals surface area contributed by atoms with Crippen LogP contribution in [-0.2, 0) is 17.6 Å². The molecule has 0 radical (unpaired) electrons. The summed E-state index contributed by atoms with van der Waals surface area (Å²) in [5.74, 6) is 0.0283. The van der Waals surface area contributed by atoms with Crippen molar-refractivity contribution in [3.8, 4) is 5.75 Å². The highest BCUT2D eigenvalue weighted by Gasteiger charge is 2.35. The van der Waals surface area contributed by atoms with Gasteiger partial charge in [0.2, 0.25) is 0 Å². The Bertz CT molecular complexity index is 804. The zero-order valence-electron chi connectivity index (χ0n) is 12.5. The molecule has 0 saturated heterocycles. The molecule has 0 saturated carbocycles. The molecule has 25 heavy (non-hydrogen) atoms. The highest BCUT2D eigenvalue weighted by atomic mass is 79.9. The van der Waals surface area contributed by atoms with Crippen LogP contribution in [0.25, 0.3) is 0 Å². The molecule has 9 heteroatoms. The molecule has 1 N–H and O–H groups in total. The van der Waals surface area contributed by atoms with E-state index < -0.39 is 17.9 Å². The van der Waals surface area contributed by atoms with Gasteiger partial charge in [0, 0.05) is 0 Å². The molecule has 0 spiro atoms. The molecule has 2 aromatic rings. The summed E-state index contributed by atoms with van der Waals surface area (Å²) in [5.41, 5.74) is 0.0227. The maximum absolute atomic E-state index is 13.2. The molecule has 1 aliphatic rings. The maximum Gasteiger partial charge on any atom is 0.416 e. The summed E-state index contributed by atoms with van der Waals surface area (Å²) in [7, 11) is 0. The molecule has 0 fully saturated rings. The summed E-state index contributed by atoms with van der Waals surface area (Å²) >= 11 is 6.46. The van der Waals surface area contributed by atoms with Crippen molar-refractivity contribution >= 4 is 38.3 Å². The number of nitrogens with zero attached hydrogens (tertiary/aromatic N) is 2. The summed E-state index contributed by atoms with van der Waals surface area (Å²) in [6.07, 6.45) is -3.89. The third-order valence-corrected chi connectivity index (χ3v) is 4.85. The lowest BCUT2D eigenvalue weighted by Gasteiger charge is -2.23. The molecule has 1 heterocycles. The third-order valence-electron chi connectivity index (χ3n) is 3.64. The van der Waals surface area contributed by atoms with Crippen molar-refractivity contribution in [1.82, 2.24) is 5.06 Å². The summed E-state index contributed by atoms with van der Waals surface area (Å²) in [6.45, 7) is -0.101. The van der Waals surface area contributed by atoms with Crippen molar-refractivity contribution < 1.29 is 23.1 Å². The van der Waals surface area contributed by atoms with Gasteiger partial charge in [0.25, 0.3) is 0 Å². The van der Waals surface area contributed by atoms with Gasteiger partial charge in [-0.05, 0) is 61.2 Å². The average Bonchev–Trinajstić information content (AvgIpc) is 3.00. The molecule has 0 aromatic heterocycles. The van der Waals surface area contributed by atoms with Crippen LogP contribution in [0.5, 0.6) is 5.75 Å². The number of hydrogen-bond acceptors (Lipinski definition) is 4. The highest BCUT2D eigenvalue weighted by Crippen LogP contribution is 2.39. The zero-order chi connectivity index (χ0) is 18.2. The van der Waals surface area contributed by atoms with Crippen LogP contribution in [0.3, 0.4) is 0 Å². The van der Waals surface area contributed by atoms with Crippen LogP contribution in [0.2, 0.25) is 0 Å². The minimum atomic E-state index is -4.45. The number of aliphatic imine (C=N–C) groups is 1. The lowest BCUT2D eigenvalue weighted by atomic mass is 10.1. The van der Waals surface area contributed by atoms with E-state index in [9.17, 15) is 18.3 Å². The van der Waals surface area contributed by atoms with E-state index in [1.165, 1.54) is 23.6 Å². The Hall–Kier alpha value is -1.58. The normalized spacial score (nSPS) is 17.7. The number of rotatable bonds is 3. The first-order valence-corrected chi connectivity index (χ1v) is 8.64. The van der Waals surface area contributed by atoms with Gasteiger partial charge < -0.3 is 9.94 Å². The molecule has 3 rings (SSSR count). The maximum atomic E-state index is 13.2. The van der Waals surface area contributed by atoms with Gasteiger partial charge in [-0.3, -0.25) is 0 Å². The van der Waals surface area contributed by atoms with E-state index in [0.29, 0.717) is 14.5 Å². The Kier molecular flexibility index (Phi) is 5.08. The SMILES string of the molecule is Oc1c(Br)cc(C2N=CON2Cc2ccccc2C(F)(F)F)cc1Br. The minimum absolute atomic E-state index is 0.0283. The fraction of sp³-hybridized carbons (Fsp3) is 0.188. The van der Waals surface area contributed by atoms with Gasteiger partial charge in [-0.15, -0.1) is 5.06 Å². The second-order valence-electron chi connectivity index (χ2n) is 5.30. The summed E-state index contributed by atoms with van der Waals surface area (Å²) in [5, 5.41) is 11.1. The Balaban J connectivity index is 1.90. The van der Waals surface area contributed by atoms with Gasteiger partial charge in [0.1, 0.15) is 5.75 Å². The fourth-order valence-corrected chi connectivity index (χ4v) is 3.71. The van der Waals surface area contributed by atoms with Gasteiger partial charge in [-0.25, -0.2) is 4.99 Å². The number of benzene rings is 2. The minimum Gasteiger partial charge on any atom is -0.506 e. The second kappa shape index (κ2) is 6.97. The predicted octanol–water partition coefficient (Wildman–Crippen LogP) is 5.41. The van der Waals surface area contributed by atoms with Crippen molar-refractivity contribution in [2.45, 2.75) is 18.9 Å². The van der Waals surface area contributed by atoms with Crippen LogP contribution in [0.15, 0.2) is 50.3 Å². The molecule has 4 nitrogen and oxygen atoms in total. The summed E-state index contributed by atoms with van der Waals surface area (Å²) in [4.78, 5) is 9.44.